The van der Waals surface area contributed by atoms with Gasteiger partial charge < -0.3 is 5.32 Å². The highest BCUT2D eigenvalue weighted by Gasteiger charge is 2.12. The van der Waals surface area contributed by atoms with Crippen LogP contribution in [0.3, 0.4) is 0 Å². The SMILES string of the molecule is CNC(Cc1ccn(C(C)C)n1)c1ccsc1. The molecule has 0 fully saturated rings. The Balaban J connectivity index is 2.08. The predicted molar refractivity (Wildman–Crippen MR) is 72.4 cm³/mol. The predicted octanol–water partition coefficient (Wildman–Crippen LogP) is 3.03. The van der Waals surface area contributed by atoms with Crippen molar-refractivity contribution in [2.75, 3.05) is 7.05 Å². The molecule has 1 unspecified atom stereocenters. The number of hydrogen-bond acceptors (Lipinski definition) is 3. The van der Waals surface area contributed by atoms with Gasteiger partial charge in [0, 0.05) is 24.7 Å². The zero-order valence-corrected chi connectivity index (χ0v) is 11.4. The lowest BCUT2D eigenvalue weighted by Crippen LogP contribution is -2.18. The lowest BCUT2D eigenvalue weighted by Gasteiger charge is -2.13. The molecule has 1 atom stereocenters. The fourth-order valence-corrected chi connectivity index (χ4v) is 2.56. The molecule has 0 radical (unpaired) electrons. The number of hydrogen-bond donors (Lipinski definition) is 1. The summed E-state index contributed by atoms with van der Waals surface area (Å²) < 4.78 is 2.01. The summed E-state index contributed by atoms with van der Waals surface area (Å²) in [7, 11) is 2.00. The van der Waals surface area contributed by atoms with Crippen molar-refractivity contribution in [3.05, 3.63) is 40.3 Å². The van der Waals surface area contributed by atoms with Crippen molar-refractivity contribution in [1.82, 2.24) is 15.1 Å². The summed E-state index contributed by atoms with van der Waals surface area (Å²) in [5.41, 5.74) is 2.49. The van der Waals surface area contributed by atoms with Crippen molar-refractivity contribution in [1.29, 1.82) is 0 Å². The summed E-state index contributed by atoms with van der Waals surface area (Å²) in [4.78, 5) is 0. The van der Waals surface area contributed by atoms with E-state index in [1.165, 1.54) is 5.56 Å². The van der Waals surface area contributed by atoms with Crippen LogP contribution in [-0.2, 0) is 6.42 Å². The summed E-state index contributed by atoms with van der Waals surface area (Å²) in [6.45, 7) is 4.29. The van der Waals surface area contributed by atoms with Gasteiger partial charge in [-0.25, -0.2) is 0 Å². The molecule has 2 rings (SSSR count). The number of rotatable bonds is 5. The average molecular weight is 249 g/mol. The van der Waals surface area contributed by atoms with Crippen molar-refractivity contribution < 1.29 is 0 Å². The molecular weight excluding hydrogens is 230 g/mol. The van der Waals surface area contributed by atoms with E-state index in [2.05, 4.69) is 53.4 Å². The van der Waals surface area contributed by atoms with Gasteiger partial charge in [0.2, 0.25) is 0 Å². The van der Waals surface area contributed by atoms with Gasteiger partial charge in [-0.1, -0.05) is 0 Å². The van der Waals surface area contributed by atoms with Crippen molar-refractivity contribution in [3.8, 4) is 0 Å². The highest BCUT2D eigenvalue weighted by Crippen LogP contribution is 2.20. The van der Waals surface area contributed by atoms with Crippen molar-refractivity contribution in [2.45, 2.75) is 32.4 Å². The van der Waals surface area contributed by atoms with Crippen LogP contribution >= 0.6 is 11.3 Å². The molecule has 0 amide bonds. The minimum atomic E-state index is 0.358. The van der Waals surface area contributed by atoms with E-state index in [1.54, 1.807) is 11.3 Å². The van der Waals surface area contributed by atoms with Gasteiger partial charge in [-0.2, -0.15) is 16.4 Å². The molecule has 0 saturated heterocycles. The number of thiophene rings is 1. The summed E-state index contributed by atoms with van der Waals surface area (Å²) in [6.07, 6.45) is 2.99. The minimum Gasteiger partial charge on any atom is -0.313 e. The number of nitrogens with zero attached hydrogens (tertiary/aromatic N) is 2. The number of nitrogens with one attached hydrogen (secondary N) is 1. The lowest BCUT2D eigenvalue weighted by molar-refractivity contribution is 0.515. The maximum Gasteiger partial charge on any atom is 0.0643 e. The van der Waals surface area contributed by atoms with Gasteiger partial charge in [-0.3, -0.25) is 4.68 Å². The topological polar surface area (TPSA) is 29.9 Å². The molecule has 3 nitrogen and oxygen atoms in total. The quantitative estimate of drug-likeness (QED) is 0.882. The Bertz CT molecular complexity index is 445. The second-order valence-corrected chi connectivity index (χ2v) is 5.26. The molecule has 2 aromatic heterocycles. The van der Waals surface area contributed by atoms with Crippen LogP contribution < -0.4 is 5.32 Å². The lowest BCUT2D eigenvalue weighted by atomic mass is 10.1. The smallest absolute Gasteiger partial charge is 0.0643 e. The monoisotopic (exact) mass is 249 g/mol. The first kappa shape index (κ1) is 12.3. The fourth-order valence-electron chi connectivity index (χ4n) is 1.84. The maximum absolute atomic E-state index is 4.59. The van der Waals surface area contributed by atoms with E-state index in [0.717, 1.165) is 12.1 Å². The normalized spacial score (nSPS) is 13.2. The van der Waals surface area contributed by atoms with Crippen LogP contribution in [0.1, 0.15) is 37.2 Å². The molecule has 0 spiro atoms. The molecule has 0 aliphatic carbocycles. The molecule has 2 aromatic rings. The van der Waals surface area contributed by atoms with Crippen molar-refractivity contribution >= 4 is 11.3 Å². The van der Waals surface area contributed by atoms with E-state index in [1.807, 2.05) is 11.7 Å². The highest BCUT2D eigenvalue weighted by atomic mass is 32.1. The first-order chi connectivity index (χ1) is 8.20. The summed E-state index contributed by atoms with van der Waals surface area (Å²) in [5, 5.41) is 12.2. The van der Waals surface area contributed by atoms with Crippen molar-refractivity contribution in [2.24, 2.45) is 0 Å². The molecule has 0 aliphatic heterocycles. The standard InChI is InChI=1S/C13H19N3S/c1-10(2)16-6-4-12(15-16)8-13(14-3)11-5-7-17-9-11/h4-7,9-10,13-14H,8H2,1-3H3. The molecular formula is C13H19N3S. The Kier molecular flexibility index (Phi) is 3.97. The van der Waals surface area contributed by atoms with E-state index in [0.29, 0.717) is 12.1 Å². The minimum absolute atomic E-state index is 0.358. The molecule has 17 heavy (non-hydrogen) atoms. The second-order valence-electron chi connectivity index (χ2n) is 4.48. The van der Waals surface area contributed by atoms with Gasteiger partial charge in [-0.15, -0.1) is 0 Å². The Morgan fingerprint density at radius 3 is 2.76 bits per heavy atom. The third kappa shape index (κ3) is 2.96. The Hall–Kier alpha value is -1.13. The Morgan fingerprint density at radius 1 is 1.41 bits per heavy atom. The Morgan fingerprint density at radius 2 is 2.24 bits per heavy atom. The molecule has 0 aliphatic rings. The average Bonchev–Trinajstić information content (AvgIpc) is 2.96. The Labute approximate surface area is 106 Å². The molecule has 92 valence electrons. The third-order valence-corrected chi connectivity index (χ3v) is 3.60. The number of aromatic nitrogens is 2. The van der Waals surface area contributed by atoms with Crippen LogP contribution in [0, 0.1) is 0 Å². The molecule has 1 N–H and O–H groups in total. The van der Waals surface area contributed by atoms with Gasteiger partial charge in [0.05, 0.1) is 5.69 Å². The van der Waals surface area contributed by atoms with Gasteiger partial charge in [0.25, 0.3) is 0 Å². The summed E-state index contributed by atoms with van der Waals surface area (Å²) in [6, 6.07) is 5.07. The fraction of sp³-hybridized carbons (Fsp3) is 0.462. The zero-order chi connectivity index (χ0) is 12.3. The maximum atomic E-state index is 4.59. The van der Waals surface area contributed by atoms with Gasteiger partial charge in [0.15, 0.2) is 0 Å². The second kappa shape index (κ2) is 5.47. The van der Waals surface area contributed by atoms with E-state index < -0.39 is 0 Å². The van der Waals surface area contributed by atoms with E-state index in [4.69, 9.17) is 0 Å². The largest absolute Gasteiger partial charge is 0.313 e. The van der Waals surface area contributed by atoms with Crippen LogP contribution in [0.2, 0.25) is 0 Å². The highest BCUT2D eigenvalue weighted by molar-refractivity contribution is 7.07. The molecule has 0 saturated carbocycles. The summed E-state index contributed by atoms with van der Waals surface area (Å²) in [5.74, 6) is 0. The van der Waals surface area contributed by atoms with Crippen LogP contribution in [0.5, 0.6) is 0 Å². The van der Waals surface area contributed by atoms with Crippen LogP contribution in [0.4, 0.5) is 0 Å². The van der Waals surface area contributed by atoms with Crippen LogP contribution in [0.25, 0.3) is 0 Å². The van der Waals surface area contributed by atoms with Crippen LogP contribution in [0.15, 0.2) is 29.1 Å². The van der Waals surface area contributed by atoms with E-state index >= 15 is 0 Å². The van der Waals surface area contributed by atoms with Gasteiger partial charge in [-0.05, 0) is 49.4 Å². The molecule has 0 aromatic carbocycles. The van der Waals surface area contributed by atoms with Gasteiger partial charge in [0.1, 0.15) is 0 Å². The molecule has 0 bridgehead atoms. The third-order valence-electron chi connectivity index (χ3n) is 2.90. The molecule has 2 heterocycles. The first-order valence-corrected chi connectivity index (χ1v) is 6.88. The van der Waals surface area contributed by atoms with Crippen LogP contribution in [-0.4, -0.2) is 16.8 Å². The number of likely N-dealkylation sites (N-methyl/N-ethyl adjacent to an activating group) is 1. The van der Waals surface area contributed by atoms with E-state index in [-0.39, 0.29) is 0 Å². The molecule has 4 heteroatoms. The summed E-state index contributed by atoms with van der Waals surface area (Å²) >= 11 is 1.74. The first-order valence-electron chi connectivity index (χ1n) is 5.94. The van der Waals surface area contributed by atoms with Crippen molar-refractivity contribution in [3.63, 3.8) is 0 Å². The zero-order valence-electron chi connectivity index (χ0n) is 10.6. The van der Waals surface area contributed by atoms with Gasteiger partial charge >= 0.3 is 0 Å². The van der Waals surface area contributed by atoms with E-state index in [9.17, 15) is 0 Å².